The van der Waals surface area contributed by atoms with Crippen molar-refractivity contribution in [2.45, 2.75) is 179 Å². The molecule has 10 N–H and O–H groups in total. The number of hydrogen-bond donors (Lipinski definition) is 8. The maximum atomic E-state index is 15.6. The molecule has 0 bridgehead atoms. The Labute approximate surface area is 404 Å². The highest BCUT2D eigenvalue weighted by molar-refractivity contribution is 6.00. The molecule has 0 aromatic heterocycles. The van der Waals surface area contributed by atoms with E-state index in [9.17, 15) is 35.1 Å². The number of aliphatic hydroxyl groups excluding tert-OH is 3. The van der Waals surface area contributed by atoms with Gasteiger partial charge in [0.1, 0.15) is 5.78 Å². The van der Waals surface area contributed by atoms with E-state index < -0.39 is 58.1 Å². The van der Waals surface area contributed by atoms with E-state index in [1.165, 1.54) is 18.9 Å². The average molecular weight is 943 g/mol. The van der Waals surface area contributed by atoms with Gasteiger partial charge in [0.05, 0.1) is 54.8 Å². The molecule has 8 aliphatic carbocycles. The number of rotatable bonds is 8. The molecule has 13 nitrogen and oxygen atoms in total. The lowest BCUT2D eigenvalue weighted by molar-refractivity contribution is -0.198. The van der Waals surface area contributed by atoms with Gasteiger partial charge in [0, 0.05) is 42.1 Å². The number of ketones is 2. The smallest absolute Gasteiger partial charge is 0.306 e. The second-order valence-corrected chi connectivity index (χ2v) is 24.2. The molecular formula is C55H82N4O9. The van der Waals surface area contributed by atoms with Crippen LogP contribution in [0, 0.1) is 93.7 Å². The fraction of sp³-hybridized carbons (Fsp3) is 0.818. The topological polar surface area (TPSA) is 238 Å². The van der Waals surface area contributed by atoms with Crippen LogP contribution in [0.4, 0.5) is 0 Å². The first-order valence-electron chi connectivity index (χ1n) is 26.7. The van der Waals surface area contributed by atoms with Crippen molar-refractivity contribution in [3.63, 3.8) is 0 Å². The van der Waals surface area contributed by atoms with Crippen LogP contribution < -0.4 is 16.8 Å². The predicted molar refractivity (Wildman–Crippen MR) is 258 cm³/mol. The standard InChI is InChI=1S/C55H82N4O9/c1-30-13-14-33-15-16-38-31(2)22-45(63)52(4,66)50-35(10-8-9-34(23-40(38)39(33)21-30)36-24-46(64)68-29-36)26-55(67)47-41(17-18-53(50,55)19-20-58-51(56)57)54(37-11-6-5-7-12-37)27-44(62)43(61)25-42(54)49(65)48(47)59-28-32(3)60/h15,30-31,34-45,50,59,61-63,66-67H,5-7,10-14,16-29H2,1-4H3,(H4,56,57,58)/t30-,31+,34-,35-,36+,38-,39+,40+,41-,42-,43+,44-,45+,50+,52-,53-,54-,55+/m0/s1. The lowest BCUT2D eigenvalue weighted by Gasteiger charge is -2.65. The lowest BCUT2D eigenvalue weighted by Crippen LogP contribution is -2.67. The number of aliphatic imine (C=N–C) groups is 1. The monoisotopic (exact) mass is 943 g/mol. The number of carbonyl (C=O) groups excluding carboxylic acids is 3. The van der Waals surface area contributed by atoms with Gasteiger partial charge in [-0.25, -0.2) is 0 Å². The molecular weight excluding hydrogens is 861 g/mol. The van der Waals surface area contributed by atoms with Crippen molar-refractivity contribution in [3.8, 4) is 11.8 Å². The molecule has 9 aliphatic rings. The number of allylic oxidation sites excluding steroid dienone is 3. The summed E-state index contributed by atoms with van der Waals surface area (Å²) in [6, 6.07) is 0. The van der Waals surface area contributed by atoms with E-state index in [0.717, 1.165) is 57.8 Å². The normalized spacial score (nSPS) is 46.2. The Morgan fingerprint density at radius 1 is 0.941 bits per heavy atom. The van der Waals surface area contributed by atoms with E-state index in [2.05, 4.69) is 42.1 Å². The Bertz CT molecular complexity index is 2120. The zero-order valence-electron chi connectivity index (χ0n) is 41.3. The van der Waals surface area contributed by atoms with Crippen molar-refractivity contribution in [1.29, 1.82) is 0 Å². The Kier molecular flexibility index (Phi) is 13.9. The number of hydrogen-bond acceptors (Lipinski definition) is 11. The molecule has 0 radical (unpaired) electrons. The van der Waals surface area contributed by atoms with Crippen LogP contribution in [0.5, 0.6) is 0 Å². The maximum absolute atomic E-state index is 15.6. The van der Waals surface area contributed by atoms with Crippen LogP contribution in [0.2, 0.25) is 0 Å². The van der Waals surface area contributed by atoms with Crippen molar-refractivity contribution in [1.82, 2.24) is 5.32 Å². The highest BCUT2D eigenvalue weighted by atomic mass is 16.5. The third kappa shape index (κ3) is 8.39. The van der Waals surface area contributed by atoms with Crippen LogP contribution in [0.25, 0.3) is 0 Å². The van der Waals surface area contributed by atoms with Crippen LogP contribution in [-0.2, 0) is 19.1 Å². The fourth-order valence-corrected chi connectivity index (χ4v) is 17.6. The van der Waals surface area contributed by atoms with Gasteiger partial charge in [-0.3, -0.25) is 19.4 Å². The molecule has 0 unspecified atom stereocenters. The molecule has 13 heteroatoms. The zero-order chi connectivity index (χ0) is 48.5. The van der Waals surface area contributed by atoms with Gasteiger partial charge < -0.3 is 47.1 Å². The van der Waals surface area contributed by atoms with Crippen molar-refractivity contribution in [2.24, 2.45) is 98.3 Å². The van der Waals surface area contributed by atoms with Gasteiger partial charge in [-0.15, -0.1) is 5.92 Å². The molecule has 9 rings (SSSR count). The highest BCUT2D eigenvalue weighted by Crippen LogP contribution is 2.74. The Morgan fingerprint density at radius 3 is 2.41 bits per heavy atom. The number of carbonyl (C=O) groups is 3. The van der Waals surface area contributed by atoms with E-state index in [4.69, 9.17) is 16.2 Å². The number of Topliss-reactive ketones (excluding diaryl/α,β-unsaturated/α-hetero) is 2. The summed E-state index contributed by atoms with van der Waals surface area (Å²) in [6.45, 7) is 8.09. The zero-order valence-corrected chi connectivity index (χ0v) is 41.3. The van der Waals surface area contributed by atoms with Gasteiger partial charge in [0.15, 0.2) is 11.7 Å². The summed E-state index contributed by atoms with van der Waals surface area (Å²) in [6.07, 6.45) is 11.6. The first kappa shape index (κ1) is 49.7. The molecule has 5 saturated carbocycles. The molecule has 1 heterocycles. The van der Waals surface area contributed by atoms with Crippen molar-refractivity contribution < 1.29 is 44.7 Å². The Balaban J connectivity index is 1.22. The number of nitrogens with zero attached hydrogens (tertiary/aromatic N) is 1. The summed E-state index contributed by atoms with van der Waals surface area (Å²) < 4.78 is 5.62. The van der Waals surface area contributed by atoms with Crippen molar-refractivity contribution in [2.75, 3.05) is 19.7 Å². The van der Waals surface area contributed by atoms with Gasteiger partial charge in [0.25, 0.3) is 0 Å². The Morgan fingerprint density at radius 2 is 1.71 bits per heavy atom. The van der Waals surface area contributed by atoms with Crippen LogP contribution in [0.3, 0.4) is 0 Å². The molecule has 0 amide bonds. The quantitative estimate of drug-likeness (QED) is 0.0513. The van der Waals surface area contributed by atoms with Gasteiger partial charge in [-0.1, -0.05) is 50.7 Å². The third-order valence-electron chi connectivity index (χ3n) is 20.5. The first-order chi connectivity index (χ1) is 32.3. The highest BCUT2D eigenvalue weighted by Gasteiger charge is 2.75. The summed E-state index contributed by atoms with van der Waals surface area (Å²) in [5.41, 5.74) is 8.84. The van der Waals surface area contributed by atoms with Crippen molar-refractivity contribution >= 4 is 23.5 Å². The SMILES string of the molecule is CC(=O)CNC1=C2[C@H](CC[C@]3(CCN=C(N)N)[C@@H]4[C@@H](CC#C[C@H]([C@H]5COC(=O)C5)C[C@@H]5[C@@H](CC=C6CC[C@H](C)C[C@H]65)[C@H](C)C[C@@H](O)[C@]4(C)O)C[C@@]23O)[C@@]2(C3CCCCC3)C[C@H](O)[C@H](O)C[C@H]2C1=O. The summed E-state index contributed by atoms with van der Waals surface area (Å²) in [7, 11) is 0. The van der Waals surface area contributed by atoms with E-state index in [0.29, 0.717) is 55.6 Å². The van der Waals surface area contributed by atoms with E-state index in [1.807, 2.05) is 0 Å². The summed E-state index contributed by atoms with van der Waals surface area (Å²) in [5, 5.41) is 67.1. The fourth-order valence-electron chi connectivity index (χ4n) is 17.6. The Hall–Kier alpha value is -3.28. The summed E-state index contributed by atoms with van der Waals surface area (Å²) in [4.78, 5) is 45.6. The van der Waals surface area contributed by atoms with Crippen LogP contribution in [0.1, 0.15) is 150 Å². The third-order valence-corrected chi connectivity index (χ3v) is 20.5. The number of aliphatic hydroxyl groups is 5. The average Bonchev–Trinajstić information content (AvgIpc) is 3.84. The van der Waals surface area contributed by atoms with Crippen LogP contribution >= 0.6 is 0 Å². The van der Waals surface area contributed by atoms with Crippen LogP contribution in [0.15, 0.2) is 27.9 Å². The van der Waals surface area contributed by atoms with Gasteiger partial charge in [-0.2, -0.15) is 0 Å². The molecule has 18 atom stereocenters. The molecule has 376 valence electrons. The number of nitrogens with one attached hydrogen (secondary N) is 1. The number of nitrogens with two attached hydrogens (primary N) is 2. The molecule has 1 aliphatic heterocycles. The first-order valence-corrected chi connectivity index (χ1v) is 26.7. The van der Waals surface area contributed by atoms with Gasteiger partial charge in [-0.05, 0) is 162 Å². The minimum Gasteiger partial charge on any atom is -0.465 e. The minimum atomic E-state index is -1.76. The van der Waals surface area contributed by atoms with Crippen LogP contribution in [-0.4, -0.2) is 98.2 Å². The number of guanidine groups is 1. The summed E-state index contributed by atoms with van der Waals surface area (Å²) in [5.74, 6) is 5.83. The summed E-state index contributed by atoms with van der Waals surface area (Å²) >= 11 is 0. The second kappa shape index (κ2) is 19.0. The molecule has 0 aromatic carbocycles. The number of esters is 1. The molecule has 1 saturated heterocycles. The lowest BCUT2D eigenvalue weighted by atomic mass is 9.40. The van der Waals surface area contributed by atoms with Gasteiger partial charge >= 0.3 is 5.97 Å². The van der Waals surface area contributed by atoms with E-state index in [-0.39, 0.29) is 110 Å². The molecule has 68 heavy (non-hydrogen) atoms. The number of fused-ring (bicyclic) bond motifs is 10. The largest absolute Gasteiger partial charge is 0.465 e. The molecule has 6 fully saturated rings. The molecule has 0 aromatic rings. The molecule has 0 spiro atoms. The van der Waals surface area contributed by atoms with E-state index >= 15 is 4.79 Å². The van der Waals surface area contributed by atoms with Gasteiger partial charge in [0.2, 0.25) is 0 Å². The predicted octanol–water partition coefficient (Wildman–Crippen LogP) is 5.24. The van der Waals surface area contributed by atoms with Crippen molar-refractivity contribution in [3.05, 3.63) is 22.9 Å². The van der Waals surface area contributed by atoms with E-state index in [1.54, 1.807) is 6.92 Å². The number of ether oxygens (including phenoxy) is 1. The minimum absolute atomic E-state index is 0.0146. The number of cyclic esters (lactones) is 1. The second-order valence-electron chi connectivity index (χ2n) is 24.2. The maximum Gasteiger partial charge on any atom is 0.306 e.